The quantitative estimate of drug-likeness (QED) is 0.486. The van der Waals surface area contributed by atoms with Crippen LogP contribution in [0.4, 0.5) is 0 Å². The van der Waals surface area contributed by atoms with Crippen molar-refractivity contribution in [1.29, 1.82) is 0 Å². The highest BCUT2D eigenvalue weighted by atomic mass is 16.5. The molecule has 1 aromatic heterocycles. The highest BCUT2D eigenvalue weighted by Gasteiger charge is 2.06. The van der Waals surface area contributed by atoms with Gasteiger partial charge in [0.15, 0.2) is 5.76 Å². The smallest absolute Gasteiger partial charge is 0.337 e. The molecule has 0 radical (unpaired) electrons. The molecule has 1 aromatic carbocycles. The lowest BCUT2D eigenvalue weighted by Crippen LogP contribution is -2.00. The van der Waals surface area contributed by atoms with Gasteiger partial charge in [0, 0.05) is 0 Å². The third-order valence-corrected chi connectivity index (χ3v) is 2.74. The molecule has 0 unspecified atom stereocenters. The van der Waals surface area contributed by atoms with E-state index in [1.165, 1.54) is 13.2 Å². The average Bonchev–Trinajstić information content (AvgIpc) is 2.91. The summed E-state index contributed by atoms with van der Waals surface area (Å²) in [4.78, 5) is 23.1. The van der Waals surface area contributed by atoms with Crippen molar-refractivity contribution in [1.82, 2.24) is 0 Å². The van der Waals surface area contributed by atoms with Crippen LogP contribution in [0.5, 0.6) is 0 Å². The lowest BCUT2D eigenvalue weighted by molar-refractivity contribution is 0.0600. The molecule has 0 saturated carbocycles. The van der Waals surface area contributed by atoms with Gasteiger partial charge >= 0.3 is 5.97 Å². The number of hydrogen-bond acceptors (Lipinski definition) is 4. The minimum absolute atomic E-state index is 0.199. The predicted octanol–water partition coefficient (Wildman–Crippen LogP) is 3.27. The third kappa shape index (κ3) is 3.23. The van der Waals surface area contributed by atoms with E-state index in [0.717, 1.165) is 5.56 Å². The number of methoxy groups -OCH3 is 1. The minimum Gasteiger partial charge on any atom is -0.465 e. The van der Waals surface area contributed by atoms with Gasteiger partial charge in [-0.15, -0.1) is 0 Å². The average molecular weight is 270 g/mol. The van der Waals surface area contributed by atoms with Gasteiger partial charge in [-0.1, -0.05) is 18.2 Å². The fourth-order valence-electron chi connectivity index (χ4n) is 1.67. The molecule has 0 N–H and O–H groups in total. The first-order valence-electron chi connectivity index (χ1n) is 6.07. The van der Waals surface area contributed by atoms with Crippen LogP contribution in [0.2, 0.25) is 0 Å². The molecule has 0 fully saturated rings. The van der Waals surface area contributed by atoms with Crippen molar-refractivity contribution in [2.24, 2.45) is 0 Å². The number of ketones is 1. The molecule has 0 amide bonds. The number of esters is 1. The summed E-state index contributed by atoms with van der Waals surface area (Å²) in [5, 5.41) is 0. The Morgan fingerprint density at radius 1 is 1.10 bits per heavy atom. The zero-order chi connectivity index (χ0) is 14.5. The molecule has 0 aliphatic heterocycles. The van der Waals surface area contributed by atoms with Crippen molar-refractivity contribution in [3.63, 3.8) is 0 Å². The first kappa shape index (κ1) is 13.8. The van der Waals surface area contributed by atoms with Crippen LogP contribution in [0.1, 0.15) is 32.2 Å². The highest BCUT2D eigenvalue weighted by molar-refractivity contribution is 6.04. The van der Waals surface area contributed by atoms with E-state index in [9.17, 15) is 9.59 Å². The summed E-state index contributed by atoms with van der Waals surface area (Å²) in [7, 11) is 1.33. The number of rotatable bonds is 4. The summed E-state index contributed by atoms with van der Waals surface area (Å²) in [6, 6.07) is 10.2. The summed E-state index contributed by atoms with van der Waals surface area (Å²) >= 11 is 0. The van der Waals surface area contributed by atoms with Crippen LogP contribution in [-0.2, 0) is 4.74 Å². The Balaban J connectivity index is 2.08. The zero-order valence-electron chi connectivity index (χ0n) is 11.3. The zero-order valence-corrected chi connectivity index (χ0v) is 11.3. The lowest BCUT2D eigenvalue weighted by atomic mass is 10.1. The third-order valence-electron chi connectivity index (χ3n) is 2.74. The summed E-state index contributed by atoms with van der Waals surface area (Å²) in [6.07, 6.45) is 3.10. The molecule has 0 aliphatic carbocycles. The normalized spacial score (nSPS) is 10.7. The van der Waals surface area contributed by atoms with E-state index < -0.39 is 0 Å². The second kappa shape index (κ2) is 6.02. The van der Waals surface area contributed by atoms with E-state index >= 15 is 0 Å². The Bertz CT molecular complexity index is 647. The molecule has 4 nitrogen and oxygen atoms in total. The van der Waals surface area contributed by atoms with Gasteiger partial charge in [-0.3, -0.25) is 4.79 Å². The van der Waals surface area contributed by atoms with Crippen molar-refractivity contribution in [3.05, 3.63) is 65.1 Å². The first-order valence-corrected chi connectivity index (χ1v) is 6.07. The topological polar surface area (TPSA) is 56.5 Å². The van der Waals surface area contributed by atoms with Crippen molar-refractivity contribution in [2.75, 3.05) is 7.11 Å². The number of benzene rings is 1. The van der Waals surface area contributed by atoms with Crippen molar-refractivity contribution in [2.45, 2.75) is 6.92 Å². The number of carbonyl (C=O) groups excluding carboxylic acids is 2. The van der Waals surface area contributed by atoms with E-state index in [1.807, 2.05) is 0 Å². The SMILES string of the molecule is COC(=O)c1ccc(C=CC(=O)c2ccc(C)o2)cc1. The summed E-state index contributed by atoms with van der Waals surface area (Å²) < 4.78 is 9.85. The van der Waals surface area contributed by atoms with Gasteiger partial charge < -0.3 is 9.15 Å². The van der Waals surface area contributed by atoms with E-state index in [0.29, 0.717) is 17.1 Å². The molecule has 0 atom stereocenters. The number of furan rings is 1. The van der Waals surface area contributed by atoms with Crippen LogP contribution in [0.3, 0.4) is 0 Å². The molecule has 0 aliphatic rings. The molecule has 0 spiro atoms. The van der Waals surface area contributed by atoms with Gasteiger partial charge in [0.05, 0.1) is 12.7 Å². The number of carbonyl (C=O) groups is 2. The number of aryl methyl sites for hydroxylation is 1. The number of allylic oxidation sites excluding steroid dienone is 1. The maximum atomic E-state index is 11.8. The van der Waals surface area contributed by atoms with Crippen LogP contribution >= 0.6 is 0 Å². The molecule has 4 heteroatoms. The maximum Gasteiger partial charge on any atom is 0.337 e. The Morgan fingerprint density at radius 3 is 2.35 bits per heavy atom. The van der Waals surface area contributed by atoms with E-state index in [4.69, 9.17) is 4.42 Å². The fraction of sp³-hybridized carbons (Fsp3) is 0.125. The molecule has 102 valence electrons. The van der Waals surface area contributed by atoms with Crippen LogP contribution in [0.15, 0.2) is 46.9 Å². The summed E-state index contributed by atoms with van der Waals surface area (Å²) in [5.41, 5.74) is 1.28. The van der Waals surface area contributed by atoms with Gasteiger partial charge in [-0.2, -0.15) is 0 Å². The second-order valence-electron chi connectivity index (χ2n) is 4.22. The monoisotopic (exact) mass is 270 g/mol. The maximum absolute atomic E-state index is 11.8. The number of ether oxygens (including phenoxy) is 1. The summed E-state index contributed by atoms with van der Waals surface area (Å²) in [5.74, 6) is 0.423. The van der Waals surface area contributed by atoms with Crippen LogP contribution in [0, 0.1) is 6.92 Å². The van der Waals surface area contributed by atoms with E-state index in [-0.39, 0.29) is 11.8 Å². The fourth-order valence-corrected chi connectivity index (χ4v) is 1.67. The molecular weight excluding hydrogens is 256 g/mol. The predicted molar refractivity (Wildman–Crippen MR) is 74.6 cm³/mol. The van der Waals surface area contributed by atoms with Gasteiger partial charge in [0.25, 0.3) is 0 Å². The first-order chi connectivity index (χ1) is 9.60. The minimum atomic E-state index is -0.386. The Hall–Kier alpha value is -2.62. The second-order valence-corrected chi connectivity index (χ2v) is 4.22. The van der Waals surface area contributed by atoms with Crippen LogP contribution in [-0.4, -0.2) is 18.9 Å². The van der Waals surface area contributed by atoms with Gasteiger partial charge in [0.2, 0.25) is 5.78 Å². The molecule has 2 aromatic rings. The molecule has 20 heavy (non-hydrogen) atoms. The van der Waals surface area contributed by atoms with Gasteiger partial charge in [-0.25, -0.2) is 4.79 Å². The molecular formula is C16H14O4. The standard InChI is InChI=1S/C16H14O4/c1-11-3-10-15(20-11)14(17)9-6-12-4-7-13(8-5-12)16(18)19-2/h3-10H,1-2H3. The molecule has 0 bridgehead atoms. The van der Waals surface area contributed by atoms with Crippen molar-refractivity contribution < 1.29 is 18.7 Å². The van der Waals surface area contributed by atoms with Gasteiger partial charge in [0.1, 0.15) is 5.76 Å². The lowest BCUT2D eigenvalue weighted by Gasteiger charge is -1.99. The highest BCUT2D eigenvalue weighted by Crippen LogP contribution is 2.11. The van der Waals surface area contributed by atoms with Crippen LogP contribution in [0.25, 0.3) is 6.08 Å². The van der Waals surface area contributed by atoms with E-state index in [2.05, 4.69) is 4.74 Å². The molecule has 0 saturated heterocycles. The van der Waals surface area contributed by atoms with Crippen molar-refractivity contribution in [3.8, 4) is 0 Å². The van der Waals surface area contributed by atoms with Crippen molar-refractivity contribution >= 4 is 17.8 Å². The summed E-state index contributed by atoms with van der Waals surface area (Å²) in [6.45, 7) is 1.78. The number of hydrogen-bond donors (Lipinski definition) is 0. The van der Waals surface area contributed by atoms with E-state index in [1.54, 1.807) is 49.4 Å². The molecule has 1 heterocycles. The molecule has 2 rings (SSSR count). The van der Waals surface area contributed by atoms with Gasteiger partial charge in [-0.05, 0) is 42.8 Å². The Kier molecular flexibility index (Phi) is 4.15. The Labute approximate surface area is 116 Å². The largest absolute Gasteiger partial charge is 0.465 e. The Morgan fingerprint density at radius 2 is 1.80 bits per heavy atom. The van der Waals surface area contributed by atoms with Crippen LogP contribution < -0.4 is 0 Å².